The Kier molecular flexibility index (Phi) is 8.17. The third-order valence-corrected chi connectivity index (χ3v) is 7.29. The molecule has 0 bridgehead atoms. The van der Waals surface area contributed by atoms with E-state index in [1.165, 1.54) is 47.3 Å². The molecule has 2 amide bonds. The Morgan fingerprint density at radius 1 is 1.09 bits per heavy atom. The predicted molar refractivity (Wildman–Crippen MR) is 136 cm³/mol. The van der Waals surface area contributed by atoms with E-state index in [1.54, 1.807) is 6.92 Å². The number of amides is 2. The first-order chi connectivity index (χ1) is 16.9. The molecule has 1 heterocycles. The molecule has 0 radical (unpaired) electrons. The van der Waals surface area contributed by atoms with Crippen LogP contribution in [0.25, 0.3) is 11.4 Å². The van der Waals surface area contributed by atoms with Crippen LogP contribution in [0.5, 0.6) is 0 Å². The molecule has 184 valence electrons. The highest BCUT2D eigenvalue weighted by molar-refractivity contribution is 8.00. The predicted octanol–water partition coefficient (Wildman–Crippen LogP) is 4.58. The SMILES string of the molecule is C[C@H](Sc1nnc(-c2ccccc2)n1C)C(=O)N(CC(=O)NC1CCCCC1)c1ccc(F)cc1. The Bertz CT molecular complexity index is 1150. The number of carbonyl (C=O) groups excluding carboxylic acids is 2. The average molecular weight is 496 g/mol. The van der Waals surface area contributed by atoms with E-state index in [2.05, 4.69) is 15.5 Å². The molecule has 0 saturated heterocycles. The summed E-state index contributed by atoms with van der Waals surface area (Å²) in [4.78, 5) is 27.8. The summed E-state index contributed by atoms with van der Waals surface area (Å²) in [6, 6.07) is 15.5. The summed E-state index contributed by atoms with van der Waals surface area (Å²) in [5.74, 6) is -0.167. The molecule has 35 heavy (non-hydrogen) atoms. The Hall–Kier alpha value is -3.20. The van der Waals surface area contributed by atoms with Crippen molar-refractivity contribution < 1.29 is 14.0 Å². The van der Waals surface area contributed by atoms with Gasteiger partial charge in [-0.15, -0.1) is 10.2 Å². The van der Waals surface area contributed by atoms with E-state index >= 15 is 0 Å². The zero-order valence-electron chi connectivity index (χ0n) is 20.0. The molecule has 7 nitrogen and oxygen atoms in total. The second-order valence-corrected chi connectivity index (χ2v) is 10.1. The number of benzene rings is 2. The molecule has 0 spiro atoms. The van der Waals surface area contributed by atoms with E-state index in [0.717, 1.165) is 31.2 Å². The second-order valence-electron chi connectivity index (χ2n) is 8.79. The molecule has 1 aromatic heterocycles. The normalized spacial score (nSPS) is 14.9. The summed E-state index contributed by atoms with van der Waals surface area (Å²) in [5.41, 5.74) is 1.41. The Balaban J connectivity index is 1.49. The number of hydrogen-bond donors (Lipinski definition) is 1. The molecule has 0 aliphatic heterocycles. The standard InChI is InChI=1S/C26H30FN5O2S/c1-18(35-26-30-29-24(31(26)2)19-9-5-3-6-10-19)25(34)32(22-15-13-20(27)14-16-22)17-23(33)28-21-11-7-4-8-12-21/h3,5-6,9-10,13-16,18,21H,4,7-8,11-12,17H2,1-2H3,(H,28,33)/t18-/m0/s1. The molecular weight excluding hydrogens is 465 g/mol. The summed E-state index contributed by atoms with van der Waals surface area (Å²) in [5, 5.41) is 11.7. The van der Waals surface area contributed by atoms with Gasteiger partial charge in [0.15, 0.2) is 11.0 Å². The molecule has 4 rings (SSSR count). The van der Waals surface area contributed by atoms with E-state index in [1.807, 2.05) is 41.9 Å². The lowest BCUT2D eigenvalue weighted by molar-refractivity contribution is -0.124. The van der Waals surface area contributed by atoms with Crippen molar-refractivity contribution in [2.45, 2.75) is 55.5 Å². The molecule has 1 N–H and O–H groups in total. The largest absolute Gasteiger partial charge is 0.352 e. The van der Waals surface area contributed by atoms with Gasteiger partial charge in [-0.25, -0.2) is 4.39 Å². The van der Waals surface area contributed by atoms with Gasteiger partial charge in [0.1, 0.15) is 12.4 Å². The maximum atomic E-state index is 13.6. The van der Waals surface area contributed by atoms with Gasteiger partial charge in [0, 0.05) is 24.3 Å². The van der Waals surface area contributed by atoms with Crippen molar-refractivity contribution in [1.82, 2.24) is 20.1 Å². The van der Waals surface area contributed by atoms with Gasteiger partial charge in [-0.2, -0.15) is 0 Å². The minimum atomic E-state index is -0.547. The summed E-state index contributed by atoms with van der Waals surface area (Å²) < 4.78 is 15.4. The minimum Gasteiger partial charge on any atom is -0.352 e. The average Bonchev–Trinajstić information content (AvgIpc) is 3.23. The van der Waals surface area contributed by atoms with Gasteiger partial charge in [-0.1, -0.05) is 61.4 Å². The van der Waals surface area contributed by atoms with Crippen molar-refractivity contribution >= 4 is 29.3 Å². The van der Waals surface area contributed by atoms with Crippen LogP contribution in [-0.2, 0) is 16.6 Å². The van der Waals surface area contributed by atoms with Crippen LogP contribution < -0.4 is 10.2 Å². The first kappa shape index (κ1) is 24.9. The van der Waals surface area contributed by atoms with Crippen molar-refractivity contribution in [3.8, 4) is 11.4 Å². The zero-order valence-corrected chi connectivity index (χ0v) is 20.8. The molecule has 1 aliphatic rings. The van der Waals surface area contributed by atoms with E-state index in [0.29, 0.717) is 16.7 Å². The van der Waals surface area contributed by atoms with Crippen molar-refractivity contribution in [1.29, 1.82) is 0 Å². The zero-order chi connectivity index (χ0) is 24.8. The van der Waals surface area contributed by atoms with Crippen LogP contribution in [0.15, 0.2) is 59.8 Å². The van der Waals surface area contributed by atoms with E-state index < -0.39 is 11.1 Å². The highest BCUT2D eigenvalue weighted by Crippen LogP contribution is 2.28. The van der Waals surface area contributed by atoms with Crippen LogP contribution >= 0.6 is 11.8 Å². The number of nitrogens with zero attached hydrogens (tertiary/aromatic N) is 4. The first-order valence-corrected chi connectivity index (χ1v) is 12.8. The lowest BCUT2D eigenvalue weighted by atomic mass is 9.95. The number of halogens is 1. The summed E-state index contributed by atoms with van der Waals surface area (Å²) >= 11 is 1.28. The van der Waals surface area contributed by atoms with Crippen LogP contribution in [0.2, 0.25) is 0 Å². The first-order valence-electron chi connectivity index (χ1n) is 11.9. The molecule has 0 unspecified atom stereocenters. The number of anilines is 1. The van der Waals surface area contributed by atoms with Gasteiger partial charge in [0.25, 0.3) is 0 Å². The molecular formula is C26H30FN5O2S. The second kappa shape index (κ2) is 11.5. The van der Waals surface area contributed by atoms with E-state index in [4.69, 9.17) is 0 Å². The van der Waals surface area contributed by atoms with Gasteiger partial charge in [-0.05, 0) is 44.0 Å². The van der Waals surface area contributed by atoms with E-state index in [9.17, 15) is 14.0 Å². The van der Waals surface area contributed by atoms with Crippen LogP contribution in [-0.4, -0.2) is 44.4 Å². The fourth-order valence-corrected chi connectivity index (χ4v) is 5.14. The lowest BCUT2D eigenvalue weighted by Gasteiger charge is -2.27. The van der Waals surface area contributed by atoms with Crippen LogP contribution in [0.4, 0.5) is 10.1 Å². The topological polar surface area (TPSA) is 80.1 Å². The molecule has 9 heteroatoms. The number of thioether (sulfide) groups is 1. The summed E-state index contributed by atoms with van der Waals surface area (Å²) in [6.45, 7) is 1.65. The van der Waals surface area contributed by atoms with Gasteiger partial charge in [0.2, 0.25) is 11.8 Å². The van der Waals surface area contributed by atoms with Crippen LogP contribution in [0, 0.1) is 5.82 Å². The Morgan fingerprint density at radius 3 is 2.46 bits per heavy atom. The minimum absolute atomic E-state index is 0.125. The highest BCUT2D eigenvalue weighted by Gasteiger charge is 2.28. The maximum absolute atomic E-state index is 13.6. The molecule has 3 aromatic rings. The fraction of sp³-hybridized carbons (Fsp3) is 0.385. The number of nitrogens with one attached hydrogen (secondary N) is 1. The van der Waals surface area contributed by atoms with Gasteiger partial charge in [0.05, 0.1) is 5.25 Å². The maximum Gasteiger partial charge on any atom is 0.240 e. The fourth-order valence-electron chi connectivity index (χ4n) is 4.27. The smallest absolute Gasteiger partial charge is 0.240 e. The van der Waals surface area contributed by atoms with E-state index in [-0.39, 0.29) is 24.4 Å². The van der Waals surface area contributed by atoms with Crippen molar-refractivity contribution in [2.75, 3.05) is 11.4 Å². The third-order valence-electron chi connectivity index (χ3n) is 6.17. The molecule has 1 atom stereocenters. The van der Waals surface area contributed by atoms with Gasteiger partial charge >= 0.3 is 0 Å². The van der Waals surface area contributed by atoms with Crippen LogP contribution in [0.1, 0.15) is 39.0 Å². The van der Waals surface area contributed by atoms with Crippen molar-refractivity contribution in [2.24, 2.45) is 7.05 Å². The Labute approximate surface area is 209 Å². The molecule has 1 aliphatic carbocycles. The summed E-state index contributed by atoms with van der Waals surface area (Å²) in [7, 11) is 1.86. The van der Waals surface area contributed by atoms with Crippen molar-refractivity contribution in [3.63, 3.8) is 0 Å². The van der Waals surface area contributed by atoms with Gasteiger partial charge < -0.3 is 14.8 Å². The molecule has 2 aromatic carbocycles. The Morgan fingerprint density at radius 2 is 1.77 bits per heavy atom. The highest BCUT2D eigenvalue weighted by atomic mass is 32.2. The number of aromatic nitrogens is 3. The van der Waals surface area contributed by atoms with Crippen LogP contribution in [0.3, 0.4) is 0 Å². The number of carbonyl (C=O) groups is 2. The van der Waals surface area contributed by atoms with Gasteiger partial charge in [-0.3, -0.25) is 9.59 Å². The quantitative estimate of drug-likeness (QED) is 0.463. The van der Waals surface area contributed by atoms with Crippen molar-refractivity contribution in [3.05, 3.63) is 60.4 Å². The molecule has 1 saturated carbocycles. The number of rotatable bonds is 8. The third kappa shape index (κ3) is 6.28. The lowest BCUT2D eigenvalue weighted by Crippen LogP contribution is -2.46. The number of hydrogen-bond acceptors (Lipinski definition) is 5. The molecule has 1 fully saturated rings. The summed E-state index contributed by atoms with van der Waals surface area (Å²) in [6.07, 6.45) is 5.30. The monoisotopic (exact) mass is 495 g/mol.